The molecule has 0 unspecified atom stereocenters. The van der Waals surface area contributed by atoms with Crippen molar-refractivity contribution >= 4 is 11.6 Å². The largest absolute Gasteiger partial charge is 0.267 e. The molecule has 0 atom stereocenters. The van der Waals surface area contributed by atoms with Crippen LogP contribution in [0.1, 0.15) is 27.8 Å². The molecule has 0 N–H and O–H groups in total. The fourth-order valence-corrected chi connectivity index (χ4v) is 4.41. The second kappa shape index (κ2) is 7.99. The Labute approximate surface area is 192 Å². The van der Waals surface area contributed by atoms with Gasteiger partial charge in [-0.15, -0.1) is 0 Å². The van der Waals surface area contributed by atoms with Gasteiger partial charge < -0.3 is 0 Å². The SMILES string of the molecule is Cc1ccc(-c2nn(Cc3ccccc3)cc2C=C2c3cccnc3-c3ncccc32)cc1. The molecule has 0 saturated heterocycles. The second-order valence-electron chi connectivity index (χ2n) is 8.34. The lowest BCUT2D eigenvalue weighted by Crippen LogP contribution is -1.99. The number of aryl methyl sites for hydroxylation is 1. The minimum Gasteiger partial charge on any atom is -0.267 e. The highest BCUT2D eigenvalue weighted by molar-refractivity contribution is 6.05. The van der Waals surface area contributed by atoms with Crippen LogP contribution in [0.5, 0.6) is 0 Å². The zero-order chi connectivity index (χ0) is 22.2. The fraction of sp³-hybridized carbons (Fsp3) is 0.0690. The van der Waals surface area contributed by atoms with Gasteiger partial charge in [-0.2, -0.15) is 5.10 Å². The maximum Gasteiger partial charge on any atom is 0.0995 e. The molecule has 2 aromatic carbocycles. The molecule has 0 saturated carbocycles. The van der Waals surface area contributed by atoms with E-state index in [0.29, 0.717) is 0 Å². The Kier molecular flexibility index (Phi) is 4.69. The Morgan fingerprint density at radius 2 is 1.39 bits per heavy atom. The highest BCUT2D eigenvalue weighted by Crippen LogP contribution is 2.43. The number of hydrogen-bond donors (Lipinski definition) is 0. The van der Waals surface area contributed by atoms with Gasteiger partial charge >= 0.3 is 0 Å². The van der Waals surface area contributed by atoms with E-state index < -0.39 is 0 Å². The van der Waals surface area contributed by atoms with E-state index in [2.05, 4.69) is 89.8 Å². The van der Waals surface area contributed by atoms with Gasteiger partial charge in [0.25, 0.3) is 0 Å². The Morgan fingerprint density at radius 1 is 0.727 bits per heavy atom. The Balaban J connectivity index is 1.51. The van der Waals surface area contributed by atoms with E-state index in [9.17, 15) is 0 Å². The molecule has 4 nitrogen and oxygen atoms in total. The molecule has 1 aliphatic carbocycles. The maximum absolute atomic E-state index is 5.00. The van der Waals surface area contributed by atoms with Crippen molar-refractivity contribution in [1.29, 1.82) is 0 Å². The van der Waals surface area contributed by atoms with Crippen molar-refractivity contribution in [3.63, 3.8) is 0 Å². The van der Waals surface area contributed by atoms with Crippen LogP contribution in [0.3, 0.4) is 0 Å². The molecule has 1 aliphatic rings. The number of aromatic nitrogens is 4. The van der Waals surface area contributed by atoms with Crippen molar-refractivity contribution in [3.05, 3.63) is 125 Å². The molecule has 0 aliphatic heterocycles. The molecular weight excluding hydrogens is 404 g/mol. The Morgan fingerprint density at radius 3 is 2.06 bits per heavy atom. The standard InChI is InChI=1S/C29H22N4/c1-20-11-13-22(14-12-20)27-23(19-33(32-27)18-21-7-3-2-4-8-21)17-26-24-9-5-15-30-28(24)29-25(26)10-6-16-31-29/h2-17,19H,18H2,1H3. The Hall–Kier alpha value is -4.31. The van der Waals surface area contributed by atoms with E-state index in [-0.39, 0.29) is 0 Å². The van der Waals surface area contributed by atoms with Gasteiger partial charge in [0.05, 0.1) is 23.6 Å². The first-order valence-electron chi connectivity index (χ1n) is 11.1. The van der Waals surface area contributed by atoms with Gasteiger partial charge in [0.1, 0.15) is 0 Å². The van der Waals surface area contributed by atoms with Crippen LogP contribution in [-0.2, 0) is 6.54 Å². The van der Waals surface area contributed by atoms with Gasteiger partial charge in [0.15, 0.2) is 0 Å². The van der Waals surface area contributed by atoms with Crippen molar-refractivity contribution in [2.45, 2.75) is 13.5 Å². The van der Waals surface area contributed by atoms with Crippen molar-refractivity contribution < 1.29 is 0 Å². The first-order valence-corrected chi connectivity index (χ1v) is 11.1. The third-order valence-corrected chi connectivity index (χ3v) is 6.02. The topological polar surface area (TPSA) is 43.6 Å². The summed E-state index contributed by atoms with van der Waals surface area (Å²) in [4.78, 5) is 9.24. The molecule has 6 rings (SSSR count). The molecule has 4 heteroatoms. The maximum atomic E-state index is 5.00. The predicted molar refractivity (Wildman–Crippen MR) is 132 cm³/mol. The summed E-state index contributed by atoms with van der Waals surface area (Å²) in [6, 6.07) is 27.2. The van der Waals surface area contributed by atoms with Gasteiger partial charge in [-0.25, -0.2) is 0 Å². The van der Waals surface area contributed by atoms with E-state index in [4.69, 9.17) is 5.10 Å². The quantitative estimate of drug-likeness (QED) is 0.334. The molecule has 0 radical (unpaired) electrons. The minimum atomic E-state index is 0.721. The molecule has 0 amide bonds. The van der Waals surface area contributed by atoms with Crippen LogP contribution in [0, 0.1) is 6.92 Å². The monoisotopic (exact) mass is 426 g/mol. The number of nitrogens with zero attached hydrogens (tertiary/aromatic N) is 4. The highest BCUT2D eigenvalue weighted by atomic mass is 15.3. The summed E-state index contributed by atoms with van der Waals surface area (Å²) >= 11 is 0. The highest BCUT2D eigenvalue weighted by Gasteiger charge is 2.26. The first kappa shape index (κ1) is 19.4. The lowest BCUT2D eigenvalue weighted by Gasteiger charge is -2.04. The second-order valence-corrected chi connectivity index (χ2v) is 8.34. The van der Waals surface area contributed by atoms with Crippen LogP contribution >= 0.6 is 0 Å². The summed E-state index contributed by atoms with van der Waals surface area (Å²) in [5, 5.41) is 5.00. The number of rotatable bonds is 4. The molecule has 5 aromatic rings. The van der Waals surface area contributed by atoms with Crippen molar-refractivity contribution in [1.82, 2.24) is 19.7 Å². The third kappa shape index (κ3) is 3.56. The van der Waals surface area contributed by atoms with E-state index in [1.165, 1.54) is 11.1 Å². The molecule has 0 spiro atoms. The van der Waals surface area contributed by atoms with Crippen LogP contribution < -0.4 is 0 Å². The van der Waals surface area contributed by atoms with Gasteiger partial charge in [-0.1, -0.05) is 72.3 Å². The third-order valence-electron chi connectivity index (χ3n) is 6.02. The molecule has 158 valence electrons. The lowest BCUT2D eigenvalue weighted by atomic mass is 10.0. The molecule has 0 fully saturated rings. The van der Waals surface area contributed by atoms with Gasteiger partial charge in [0.2, 0.25) is 0 Å². The summed E-state index contributed by atoms with van der Waals surface area (Å²) in [7, 11) is 0. The zero-order valence-corrected chi connectivity index (χ0v) is 18.3. The summed E-state index contributed by atoms with van der Waals surface area (Å²) in [6.07, 6.45) is 8.03. The lowest BCUT2D eigenvalue weighted by molar-refractivity contribution is 0.689. The Bertz CT molecular complexity index is 1430. The average Bonchev–Trinajstić information content (AvgIpc) is 3.40. The summed E-state index contributed by atoms with van der Waals surface area (Å²) in [5.41, 5.74) is 10.8. The number of benzene rings is 2. The summed E-state index contributed by atoms with van der Waals surface area (Å²) < 4.78 is 2.03. The van der Waals surface area contributed by atoms with Gasteiger partial charge in [0, 0.05) is 40.8 Å². The van der Waals surface area contributed by atoms with Gasteiger partial charge in [-0.3, -0.25) is 14.6 Å². The number of pyridine rings is 2. The average molecular weight is 427 g/mol. The van der Waals surface area contributed by atoms with Crippen LogP contribution in [0.15, 0.2) is 97.5 Å². The molecule has 0 bridgehead atoms. The van der Waals surface area contributed by atoms with Crippen LogP contribution in [0.25, 0.3) is 34.3 Å². The van der Waals surface area contributed by atoms with Crippen LogP contribution in [0.4, 0.5) is 0 Å². The number of hydrogen-bond acceptors (Lipinski definition) is 3. The first-order chi connectivity index (χ1) is 16.3. The zero-order valence-electron chi connectivity index (χ0n) is 18.3. The van der Waals surface area contributed by atoms with Crippen molar-refractivity contribution in [2.75, 3.05) is 0 Å². The van der Waals surface area contributed by atoms with E-state index in [1.807, 2.05) is 35.3 Å². The number of fused-ring (bicyclic) bond motifs is 3. The molecular formula is C29H22N4. The molecule has 3 aromatic heterocycles. The predicted octanol–water partition coefficient (Wildman–Crippen LogP) is 6.27. The van der Waals surface area contributed by atoms with Gasteiger partial charge in [-0.05, 0) is 36.3 Å². The van der Waals surface area contributed by atoms with Crippen molar-refractivity contribution in [3.8, 4) is 22.6 Å². The minimum absolute atomic E-state index is 0.721. The van der Waals surface area contributed by atoms with Crippen molar-refractivity contribution in [2.24, 2.45) is 0 Å². The van der Waals surface area contributed by atoms with E-state index in [1.54, 1.807) is 0 Å². The van der Waals surface area contributed by atoms with E-state index in [0.717, 1.165) is 51.5 Å². The smallest absolute Gasteiger partial charge is 0.0995 e. The fourth-order valence-electron chi connectivity index (χ4n) is 4.41. The normalized spacial score (nSPS) is 11.8. The van der Waals surface area contributed by atoms with Crippen LogP contribution in [0.2, 0.25) is 0 Å². The summed E-state index contributed by atoms with van der Waals surface area (Å²) in [6.45, 7) is 2.83. The molecule has 3 heterocycles. The molecule has 33 heavy (non-hydrogen) atoms. The summed E-state index contributed by atoms with van der Waals surface area (Å²) in [5.74, 6) is 0. The van der Waals surface area contributed by atoms with Crippen LogP contribution in [-0.4, -0.2) is 19.7 Å². The van der Waals surface area contributed by atoms with E-state index >= 15 is 0 Å².